The second kappa shape index (κ2) is 8.83. The van der Waals surface area contributed by atoms with Gasteiger partial charge >= 0.3 is 0 Å². The maximum absolute atomic E-state index is 13.0. The van der Waals surface area contributed by atoms with Crippen molar-refractivity contribution in [1.29, 1.82) is 5.26 Å². The van der Waals surface area contributed by atoms with Crippen LogP contribution in [0.25, 0.3) is 0 Å². The van der Waals surface area contributed by atoms with Gasteiger partial charge in [-0.15, -0.1) is 0 Å². The molecule has 3 rings (SSSR count). The van der Waals surface area contributed by atoms with Crippen LogP contribution >= 0.6 is 11.6 Å². The topological polar surface area (TPSA) is 76.4 Å². The monoisotopic (exact) mass is 400 g/mol. The molecule has 0 saturated carbocycles. The van der Waals surface area contributed by atoms with Crippen molar-refractivity contribution in [3.8, 4) is 6.07 Å². The van der Waals surface area contributed by atoms with Crippen LogP contribution < -0.4 is 5.32 Å². The molecule has 1 fully saturated rings. The maximum atomic E-state index is 13.0. The molecule has 2 aromatic rings. The molecule has 0 bridgehead atoms. The third-order valence-corrected chi connectivity index (χ3v) is 4.73. The zero-order valence-electron chi connectivity index (χ0n) is 15.0. The summed E-state index contributed by atoms with van der Waals surface area (Å²) in [6, 6.07) is 12.2. The molecule has 0 unspecified atom stereocenters. The van der Waals surface area contributed by atoms with Crippen LogP contribution in [-0.4, -0.2) is 54.3 Å². The molecule has 0 radical (unpaired) electrons. The SMILES string of the molecule is N#Cc1ccc(Cl)cc1NC(=O)CN1CCN(C(=O)c2ccc(F)cc2)CC1. The second-order valence-electron chi connectivity index (χ2n) is 6.43. The number of amides is 2. The fraction of sp³-hybridized carbons (Fsp3) is 0.250. The molecule has 144 valence electrons. The number of piperazine rings is 1. The molecule has 2 amide bonds. The van der Waals surface area contributed by atoms with E-state index in [4.69, 9.17) is 16.9 Å². The first-order valence-electron chi connectivity index (χ1n) is 8.73. The van der Waals surface area contributed by atoms with Crippen molar-refractivity contribution in [2.45, 2.75) is 0 Å². The van der Waals surface area contributed by atoms with Gasteiger partial charge in [0, 0.05) is 36.8 Å². The van der Waals surface area contributed by atoms with Crippen LogP contribution in [0.4, 0.5) is 10.1 Å². The summed E-state index contributed by atoms with van der Waals surface area (Å²) >= 11 is 5.92. The highest BCUT2D eigenvalue weighted by Crippen LogP contribution is 2.20. The van der Waals surface area contributed by atoms with E-state index >= 15 is 0 Å². The lowest BCUT2D eigenvalue weighted by Crippen LogP contribution is -2.50. The molecule has 0 spiro atoms. The maximum Gasteiger partial charge on any atom is 0.253 e. The summed E-state index contributed by atoms with van der Waals surface area (Å²) in [6.45, 7) is 2.19. The van der Waals surface area contributed by atoms with Gasteiger partial charge in [0.05, 0.1) is 17.8 Å². The Balaban J connectivity index is 1.52. The van der Waals surface area contributed by atoms with E-state index in [-0.39, 0.29) is 24.2 Å². The van der Waals surface area contributed by atoms with Crippen molar-refractivity contribution in [3.05, 3.63) is 64.4 Å². The number of hydrogen-bond acceptors (Lipinski definition) is 4. The highest BCUT2D eigenvalue weighted by atomic mass is 35.5. The lowest BCUT2D eigenvalue weighted by atomic mass is 10.1. The summed E-state index contributed by atoms with van der Waals surface area (Å²) in [5.74, 6) is -0.787. The van der Waals surface area contributed by atoms with Gasteiger partial charge < -0.3 is 10.2 Å². The molecule has 0 aliphatic carbocycles. The van der Waals surface area contributed by atoms with Gasteiger partial charge in [0.1, 0.15) is 11.9 Å². The van der Waals surface area contributed by atoms with Gasteiger partial charge in [-0.1, -0.05) is 11.6 Å². The Kier molecular flexibility index (Phi) is 6.24. The minimum Gasteiger partial charge on any atom is -0.336 e. The van der Waals surface area contributed by atoms with Gasteiger partial charge in [0.25, 0.3) is 5.91 Å². The number of benzene rings is 2. The fourth-order valence-corrected chi connectivity index (χ4v) is 3.17. The third-order valence-electron chi connectivity index (χ3n) is 4.49. The molecule has 1 heterocycles. The summed E-state index contributed by atoms with van der Waals surface area (Å²) in [6.07, 6.45) is 0. The van der Waals surface area contributed by atoms with Crippen molar-refractivity contribution in [2.75, 3.05) is 38.0 Å². The summed E-state index contributed by atoms with van der Waals surface area (Å²) in [7, 11) is 0. The molecule has 1 N–H and O–H groups in total. The summed E-state index contributed by atoms with van der Waals surface area (Å²) in [4.78, 5) is 28.4. The van der Waals surface area contributed by atoms with Crippen LogP contribution in [-0.2, 0) is 4.79 Å². The summed E-state index contributed by atoms with van der Waals surface area (Å²) in [5.41, 5.74) is 1.16. The molecule has 8 heteroatoms. The van der Waals surface area contributed by atoms with Crippen LogP contribution in [0.3, 0.4) is 0 Å². The van der Waals surface area contributed by atoms with Gasteiger partial charge in [0.15, 0.2) is 0 Å². The number of rotatable bonds is 4. The average molecular weight is 401 g/mol. The molecular formula is C20H18ClFN4O2. The molecule has 0 atom stereocenters. The highest BCUT2D eigenvalue weighted by Gasteiger charge is 2.23. The Morgan fingerprint density at radius 2 is 1.79 bits per heavy atom. The van der Waals surface area contributed by atoms with Crippen LogP contribution in [0.1, 0.15) is 15.9 Å². The largest absolute Gasteiger partial charge is 0.336 e. The fourth-order valence-electron chi connectivity index (χ4n) is 2.99. The number of carbonyl (C=O) groups is 2. The van der Waals surface area contributed by atoms with Gasteiger partial charge in [0.2, 0.25) is 5.91 Å². The minimum atomic E-state index is -0.383. The number of nitrogens with zero attached hydrogens (tertiary/aromatic N) is 3. The Morgan fingerprint density at radius 1 is 1.11 bits per heavy atom. The Bertz CT molecular complexity index is 919. The first-order valence-corrected chi connectivity index (χ1v) is 9.11. The predicted molar refractivity (Wildman–Crippen MR) is 104 cm³/mol. The lowest BCUT2D eigenvalue weighted by Gasteiger charge is -2.34. The van der Waals surface area contributed by atoms with Gasteiger partial charge in [-0.05, 0) is 42.5 Å². The molecule has 1 aliphatic rings. The highest BCUT2D eigenvalue weighted by molar-refractivity contribution is 6.31. The van der Waals surface area contributed by atoms with E-state index in [0.29, 0.717) is 48.0 Å². The van der Waals surface area contributed by atoms with E-state index < -0.39 is 0 Å². The number of nitrogens with one attached hydrogen (secondary N) is 1. The molecule has 1 saturated heterocycles. The number of hydrogen-bond donors (Lipinski definition) is 1. The van der Waals surface area contributed by atoms with E-state index in [1.54, 1.807) is 17.0 Å². The van der Waals surface area contributed by atoms with Crippen molar-refractivity contribution >= 4 is 29.1 Å². The molecule has 6 nitrogen and oxygen atoms in total. The molecular weight excluding hydrogens is 383 g/mol. The standard InChI is InChI=1S/C20H18ClFN4O2/c21-16-4-1-15(12-23)18(11-16)24-19(27)13-25-7-9-26(10-8-25)20(28)14-2-5-17(22)6-3-14/h1-6,11H,7-10,13H2,(H,24,27). The van der Waals surface area contributed by atoms with Crippen LogP contribution in [0.15, 0.2) is 42.5 Å². The van der Waals surface area contributed by atoms with Crippen molar-refractivity contribution in [1.82, 2.24) is 9.80 Å². The van der Waals surface area contributed by atoms with Gasteiger partial charge in [-0.25, -0.2) is 4.39 Å². The molecule has 28 heavy (non-hydrogen) atoms. The van der Waals surface area contributed by atoms with Crippen molar-refractivity contribution in [3.63, 3.8) is 0 Å². The van der Waals surface area contributed by atoms with Crippen molar-refractivity contribution < 1.29 is 14.0 Å². The van der Waals surface area contributed by atoms with Crippen LogP contribution in [0, 0.1) is 17.1 Å². The first kappa shape index (κ1) is 19.8. The Morgan fingerprint density at radius 3 is 2.43 bits per heavy atom. The zero-order valence-corrected chi connectivity index (χ0v) is 15.7. The summed E-state index contributed by atoms with van der Waals surface area (Å²) < 4.78 is 13.0. The minimum absolute atomic E-state index is 0.149. The number of carbonyl (C=O) groups excluding carboxylic acids is 2. The summed E-state index contributed by atoms with van der Waals surface area (Å²) in [5, 5.41) is 12.3. The number of halogens is 2. The quantitative estimate of drug-likeness (QED) is 0.856. The molecule has 1 aliphatic heterocycles. The third kappa shape index (κ3) is 4.85. The van der Waals surface area contributed by atoms with Gasteiger partial charge in [-0.2, -0.15) is 5.26 Å². The molecule has 2 aromatic carbocycles. The smallest absolute Gasteiger partial charge is 0.253 e. The second-order valence-corrected chi connectivity index (χ2v) is 6.86. The van der Waals surface area contributed by atoms with Crippen molar-refractivity contribution in [2.24, 2.45) is 0 Å². The van der Waals surface area contributed by atoms with E-state index in [2.05, 4.69) is 5.32 Å². The predicted octanol–water partition coefficient (Wildman–Crippen LogP) is 2.75. The van der Waals surface area contributed by atoms with E-state index in [1.807, 2.05) is 11.0 Å². The molecule has 0 aromatic heterocycles. The Labute approximate surface area is 167 Å². The lowest BCUT2D eigenvalue weighted by molar-refractivity contribution is -0.117. The van der Waals surface area contributed by atoms with Gasteiger partial charge in [-0.3, -0.25) is 14.5 Å². The number of nitriles is 1. The van der Waals surface area contributed by atoms with E-state index in [9.17, 15) is 14.0 Å². The zero-order chi connectivity index (χ0) is 20.1. The normalized spacial score (nSPS) is 14.4. The van der Waals surface area contributed by atoms with E-state index in [0.717, 1.165) is 0 Å². The Hall–Kier alpha value is -2.95. The average Bonchev–Trinajstić information content (AvgIpc) is 2.69. The number of anilines is 1. The van der Waals surface area contributed by atoms with Crippen LogP contribution in [0.5, 0.6) is 0 Å². The first-order chi connectivity index (χ1) is 13.5. The van der Waals surface area contributed by atoms with E-state index in [1.165, 1.54) is 30.3 Å². The van der Waals surface area contributed by atoms with Crippen LogP contribution in [0.2, 0.25) is 5.02 Å².